The predicted octanol–water partition coefficient (Wildman–Crippen LogP) is 1.38. The van der Waals surface area contributed by atoms with E-state index in [1.54, 1.807) is 0 Å². The summed E-state index contributed by atoms with van der Waals surface area (Å²) in [6.07, 6.45) is 0. The standard InChI is InChI=1S/C13H17NO5/c1-2-18-7-8-19-9-12(15)14-11-5-3-10(4-6-11)13(16)17/h3-6H,2,7-9H2,1H3,(H,14,15)(H,16,17). The Morgan fingerprint density at radius 3 is 2.37 bits per heavy atom. The number of hydrogen-bond donors (Lipinski definition) is 2. The number of benzene rings is 1. The molecule has 1 rings (SSSR count). The highest BCUT2D eigenvalue weighted by Crippen LogP contribution is 2.09. The Morgan fingerprint density at radius 1 is 1.16 bits per heavy atom. The first-order chi connectivity index (χ1) is 9.13. The lowest BCUT2D eigenvalue weighted by Crippen LogP contribution is -2.19. The Labute approximate surface area is 111 Å². The summed E-state index contributed by atoms with van der Waals surface area (Å²) < 4.78 is 10.2. The highest BCUT2D eigenvalue weighted by molar-refractivity contribution is 5.93. The van der Waals surface area contributed by atoms with Crippen LogP contribution in [0.2, 0.25) is 0 Å². The lowest BCUT2D eigenvalue weighted by atomic mass is 10.2. The molecular weight excluding hydrogens is 250 g/mol. The van der Waals surface area contributed by atoms with Gasteiger partial charge in [-0.1, -0.05) is 0 Å². The summed E-state index contributed by atoms with van der Waals surface area (Å²) >= 11 is 0. The van der Waals surface area contributed by atoms with Gasteiger partial charge in [0.05, 0.1) is 18.8 Å². The van der Waals surface area contributed by atoms with Gasteiger partial charge in [-0.25, -0.2) is 4.79 Å². The lowest BCUT2D eigenvalue weighted by Gasteiger charge is -2.06. The van der Waals surface area contributed by atoms with Crippen LogP contribution >= 0.6 is 0 Å². The quantitative estimate of drug-likeness (QED) is 0.695. The van der Waals surface area contributed by atoms with Gasteiger partial charge in [-0.2, -0.15) is 0 Å². The molecule has 104 valence electrons. The van der Waals surface area contributed by atoms with Crippen LogP contribution in [0.1, 0.15) is 17.3 Å². The van der Waals surface area contributed by atoms with Crippen molar-refractivity contribution in [3.05, 3.63) is 29.8 Å². The van der Waals surface area contributed by atoms with E-state index in [1.807, 2.05) is 6.92 Å². The van der Waals surface area contributed by atoms with Crippen molar-refractivity contribution in [2.45, 2.75) is 6.92 Å². The first kappa shape index (κ1) is 15.1. The topological polar surface area (TPSA) is 84.9 Å². The van der Waals surface area contributed by atoms with Crippen molar-refractivity contribution in [2.24, 2.45) is 0 Å². The molecule has 0 atom stereocenters. The summed E-state index contributed by atoms with van der Waals surface area (Å²) in [5.41, 5.74) is 0.703. The second kappa shape index (κ2) is 8.23. The van der Waals surface area contributed by atoms with Crippen molar-refractivity contribution in [1.82, 2.24) is 0 Å². The van der Waals surface area contributed by atoms with Crippen LogP contribution in [0, 0.1) is 0 Å². The number of carboxylic acid groups (broad SMARTS) is 1. The number of nitrogens with one attached hydrogen (secondary N) is 1. The zero-order chi connectivity index (χ0) is 14.1. The van der Waals surface area contributed by atoms with Gasteiger partial charge in [-0.15, -0.1) is 0 Å². The van der Waals surface area contributed by atoms with Gasteiger partial charge in [0.15, 0.2) is 0 Å². The Hall–Kier alpha value is -1.92. The normalized spacial score (nSPS) is 10.2. The number of hydrogen-bond acceptors (Lipinski definition) is 4. The van der Waals surface area contributed by atoms with Gasteiger partial charge in [0.2, 0.25) is 5.91 Å². The molecule has 0 spiro atoms. The maximum Gasteiger partial charge on any atom is 0.335 e. The zero-order valence-electron chi connectivity index (χ0n) is 10.7. The van der Waals surface area contributed by atoms with E-state index >= 15 is 0 Å². The molecule has 0 saturated carbocycles. The number of anilines is 1. The van der Waals surface area contributed by atoms with Crippen LogP contribution in [0.4, 0.5) is 5.69 Å². The third-order valence-corrected chi connectivity index (χ3v) is 2.22. The van der Waals surface area contributed by atoms with E-state index in [1.165, 1.54) is 24.3 Å². The summed E-state index contributed by atoms with van der Waals surface area (Å²) in [6.45, 7) is 3.25. The van der Waals surface area contributed by atoms with Gasteiger partial charge in [-0.3, -0.25) is 4.79 Å². The SMILES string of the molecule is CCOCCOCC(=O)Nc1ccc(C(=O)O)cc1. The molecule has 0 aliphatic heterocycles. The largest absolute Gasteiger partial charge is 0.478 e. The van der Waals surface area contributed by atoms with Crippen LogP contribution in [0.15, 0.2) is 24.3 Å². The third-order valence-electron chi connectivity index (χ3n) is 2.22. The van der Waals surface area contributed by atoms with Crippen molar-refractivity contribution in [3.63, 3.8) is 0 Å². The minimum Gasteiger partial charge on any atom is -0.478 e. The van der Waals surface area contributed by atoms with Crippen LogP contribution in [0.3, 0.4) is 0 Å². The van der Waals surface area contributed by atoms with Crippen molar-refractivity contribution in [2.75, 3.05) is 31.7 Å². The summed E-state index contributed by atoms with van der Waals surface area (Å²) in [6, 6.07) is 5.91. The van der Waals surface area contributed by atoms with Gasteiger partial charge >= 0.3 is 5.97 Å². The number of aromatic carboxylic acids is 1. The Kier molecular flexibility index (Phi) is 6.56. The molecule has 0 saturated heterocycles. The molecule has 0 aliphatic carbocycles. The average molecular weight is 267 g/mol. The second-order valence-electron chi connectivity index (χ2n) is 3.68. The second-order valence-corrected chi connectivity index (χ2v) is 3.68. The number of carboxylic acids is 1. The number of carbonyl (C=O) groups excluding carboxylic acids is 1. The Balaban J connectivity index is 2.30. The highest BCUT2D eigenvalue weighted by Gasteiger charge is 2.04. The van der Waals surface area contributed by atoms with E-state index in [4.69, 9.17) is 14.6 Å². The Bertz CT molecular complexity index is 416. The van der Waals surface area contributed by atoms with Crippen LogP contribution < -0.4 is 5.32 Å². The summed E-state index contributed by atoms with van der Waals surface area (Å²) in [5, 5.41) is 11.3. The van der Waals surface area contributed by atoms with Crippen LogP contribution in [-0.4, -0.2) is 43.4 Å². The zero-order valence-corrected chi connectivity index (χ0v) is 10.7. The summed E-state index contributed by atoms with van der Waals surface area (Å²) in [5.74, 6) is -1.29. The number of rotatable bonds is 8. The van der Waals surface area contributed by atoms with Crippen molar-refractivity contribution < 1.29 is 24.2 Å². The maximum absolute atomic E-state index is 11.5. The molecule has 6 nitrogen and oxygen atoms in total. The smallest absolute Gasteiger partial charge is 0.335 e. The third kappa shape index (κ3) is 5.98. The molecule has 1 aromatic carbocycles. The van der Waals surface area contributed by atoms with Crippen molar-refractivity contribution in [1.29, 1.82) is 0 Å². The Morgan fingerprint density at radius 2 is 1.79 bits per heavy atom. The van der Waals surface area contributed by atoms with Crippen LogP contribution in [0.5, 0.6) is 0 Å². The van der Waals surface area contributed by atoms with Gasteiger partial charge < -0.3 is 19.9 Å². The van der Waals surface area contributed by atoms with E-state index in [-0.39, 0.29) is 18.1 Å². The minimum atomic E-state index is -1.00. The molecule has 0 radical (unpaired) electrons. The molecule has 0 heterocycles. The molecule has 1 aromatic rings. The lowest BCUT2D eigenvalue weighted by molar-refractivity contribution is -0.121. The monoisotopic (exact) mass is 267 g/mol. The van der Waals surface area contributed by atoms with Gasteiger partial charge in [0.1, 0.15) is 6.61 Å². The van der Waals surface area contributed by atoms with Gasteiger partial charge in [0, 0.05) is 12.3 Å². The van der Waals surface area contributed by atoms with E-state index < -0.39 is 5.97 Å². The van der Waals surface area contributed by atoms with E-state index in [0.29, 0.717) is 25.5 Å². The number of ether oxygens (including phenoxy) is 2. The predicted molar refractivity (Wildman–Crippen MR) is 69.3 cm³/mol. The fourth-order valence-corrected chi connectivity index (χ4v) is 1.32. The summed E-state index contributed by atoms with van der Waals surface area (Å²) in [7, 11) is 0. The first-order valence-electron chi connectivity index (χ1n) is 5.92. The van der Waals surface area contributed by atoms with Crippen molar-refractivity contribution in [3.8, 4) is 0 Å². The molecule has 1 amide bonds. The average Bonchev–Trinajstić information content (AvgIpc) is 2.39. The molecular formula is C13H17NO5. The van der Waals surface area contributed by atoms with Crippen LogP contribution in [-0.2, 0) is 14.3 Å². The van der Waals surface area contributed by atoms with Crippen molar-refractivity contribution >= 4 is 17.6 Å². The fourth-order valence-electron chi connectivity index (χ4n) is 1.32. The van der Waals surface area contributed by atoms with Crippen LogP contribution in [0.25, 0.3) is 0 Å². The molecule has 0 aliphatic rings. The minimum absolute atomic E-state index is 0.0617. The first-order valence-corrected chi connectivity index (χ1v) is 5.92. The fraction of sp³-hybridized carbons (Fsp3) is 0.385. The van der Waals surface area contributed by atoms with Gasteiger partial charge in [-0.05, 0) is 31.2 Å². The molecule has 0 aromatic heterocycles. The van der Waals surface area contributed by atoms with E-state index in [2.05, 4.69) is 5.32 Å². The number of amides is 1. The summed E-state index contributed by atoms with van der Waals surface area (Å²) in [4.78, 5) is 22.1. The van der Waals surface area contributed by atoms with E-state index in [9.17, 15) is 9.59 Å². The maximum atomic E-state index is 11.5. The number of carbonyl (C=O) groups is 2. The molecule has 0 bridgehead atoms. The molecule has 6 heteroatoms. The van der Waals surface area contributed by atoms with Gasteiger partial charge in [0.25, 0.3) is 0 Å². The highest BCUT2D eigenvalue weighted by atomic mass is 16.5. The molecule has 0 fully saturated rings. The van der Waals surface area contributed by atoms with E-state index in [0.717, 1.165) is 0 Å². The molecule has 19 heavy (non-hydrogen) atoms. The molecule has 0 unspecified atom stereocenters. The molecule has 2 N–H and O–H groups in total.